The average molecular weight is 309 g/mol. The van der Waals surface area contributed by atoms with Gasteiger partial charge < -0.3 is 14.2 Å². The van der Waals surface area contributed by atoms with Gasteiger partial charge in [0.1, 0.15) is 0 Å². The molecule has 0 N–H and O–H groups in total. The number of fused-ring (bicyclic) bond motifs is 1. The molecule has 1 aromatic carbocycles. The van der Waals surface area contributed by atoms with E-state index in [4.69, 9.17) is 4.74 Å². The second-order valence-corrected chi connectivity index (χ2v) is 5.75. The van der Waals surface area contributed by atoms with E-state index < -0.39 is 0 Å². The summed E-state index contributed by atoms with van der Waals surface area (Å²) in [5, 5.41) is 1.27. The fourth-order valence-electron chi connectivity index (χ4n) is 2.54. The van der Waals surface area contributed by atoms with Gasteiger partial charge in [-0.1, -0.05) is 22.0 Å². The summed E-state index contributed by atoms with van der Waals surface area (Å²) in [4.78, 5) is 2.33. The minimum Gasteiger partial charge on any atom is -0.374 e. The van der Waals surface area contributed by atoms with Gasteiger partial charge in [-0.2, -0.15) is 0 Å². The van der Waals surface area contributed by atoms with Crippen molar-refractivity contribution in [1.29, 1.82) is 0 Å². The van der Waals surface area contributed by atoms with Crippen LogP contribution in [0, 0.1) is 0 Å². The molecule has 18 heavy (non-hydrogen) atoms. The summed E-state index contributed by atoms with van der Waals surface area (Å²) in [6, 6.07) is 8.48. The van der Waals surface area contributed by atoms with Crippen molar-refractivity contribution in [1.82, 2.24) is 9.47 Å². The molecule has 1 aromatic heterocycles. The molecule has 1 aliphatic rings. The maximum absolute atomic E-state index is 5.83. The van der Waals surface area contributed by atoms with E-state index in [2.05, 4.69) is 62.9 Å². The van der Waals surface area contributed by atoms with Crippen molar-refractivity contribution >= 4 is 26.8 Å². The third-order valence-corrected chi connectivity index (χ3v) is 4.19. The van der Waals surface area contributed by atoms with Crippen molar-refractivity contribution in [3.8, 4) is 0 Å². The van der Waals surface area contributed by atoms with Crippen LogP contribution >= 0.6 is 15.9 Å². The number of rotatable bonds is 2. The molecular formula is C14H17BrN2O. The lowest BCUT2D eigenvalue weighted by atomic mass is 10.2. The fourth-order valence-corrected chi connectivity index (χ4v) is 3.03. The SMILES string of the molecule is CN1CCOC(Cn2ccc3c(Br)cccc32)C1. The molecule has 0 aliphatic carbocycles. The Morgan fingerprint density at radius 1 is 1.39 bits per heavy atom. The number of morpholine rings is 1. The lowest BCUT2D eigenvalue weighted by molar-refractivity contribution is -0.0269. The summed E-state index contributed by atoms with van der Waals surface area (Å²) >= 11 is 3.59. The second kappa shape index (κ2) is 5.03. The van der Waals surface area contributed by atoms with Crippen LogP contribution < -0.4 is 0 Å². The molecule has 1 atom stereocenters. The molecule has 1 saturated heterocycles. The Hall–Kier alpha value is -0.840. The summed E-state index contributed by atoms with van der Waals surface area (Å²) in [6.45, 7) is 3.80. The second-order valence-electron chi connectivity index (χ2n) is 4.90. The fraction of sp³-hybridized carbons (Fsp3) is 0.429. The predicted molar refractivity (Wildman–Crippen MR) is 76.9 cm³/mol. The first-order valence-corrected chi connectivity index (χ1v) is 7.07. The minimum absolute atomic E-state index is 0.290. The number of aromatic nitrogens is 1. The highest BCUT2D eigenvalue weighted by atomic mass is 79.9. The molecule has 1 aliphatic heterocycles. The van der Waals surface area contributed by atoms with Crippen LogP contribution in [0.3, 0.4) is 0 Å². The van der Waals surface area contributed by atoms with Crippen molar-refractivity contribution in [2.45, 2.75) is 12.6 Å². The van der Waals surface area contributed by atoms with Gasteiger partial charge in [0.2, 0.25) is 0 Å². The Morgan fingerprint density at radius 3 is 3.11 bits per heavy atom. The molecule has 3 rings (SSSR count). The first-order valence-electron chi connectivity index (χ1n) is 6.27. The van der Waals surface area contributed by atoms with Gasteiger partial charge in [0.15, 0.2) is 0 Å². The number of likely N-dealkylation sites (N-methyl/N-ethyl adjacent to an activating group) is 1. The Morgan fingerprint density at radius 2 is 2.28 bits per heavy atom. The van der Waals surface area contributed by atoms with Crippen molar-refractivity contribution in [3.05, 3.63) is 34.9 Å². The molecular weight excluding hydrogens is 292 g/mol. The molecule has 0 bridgehead atoms. The Balaban J connectivity index is 1.84. The summed E-state index contributed by atoms with van der Waals surface area (Å²) in [5.74, 6) is 0. The van der Waals surface area contributed by atoms with Crippen molar-refractivity contribution in [2.24, 2.45) is 0 Å². The average Bonchev–Trinajstić information content (AvgIpc) is 2.74. The van der Waals surface area contributed by atoms with Crippen LogP contribution in [-0.2, 0) is 11.3 Å². The van der Waals surface area contributed by atoms with Crippen molar-refractivity contribution in [3.63, 3.8) is 0 Å². The third kappa shape index (κ3) is 2.32. The van der Waals surface area contributed by atoms with Gasteiger partial charge in [-0.3, -0.25) is 0 Å². The maximum atomic E-state index is 5.83. The van der Waals surface area contributed by atoms with E-state index in [-0.39, 0.29) is 0 Å². The van der Waals surface area contributed by atoms with E-state index in [1.165, 1.54) is 10.9 Å². The molecule has 96 valence electrons. The monoisotopic (exact) mass is 308 g/mol. The molecule has 2 heterocycles. The van der Waals surface area contributed by atoms with Gasteiger partial charge in [-0.05, 0) is 25.2 Å². The van der Waals surface area contributed by atoms with E-state index in [0.717, 1.165) is 30.7 Å². The predicted octanol–water partition coefficient (Wildman–Crippen LogP) is 2.73. The molecule has 3 nitrogen and oxygen atoms in total. The lowest BCUT2D eigenvalue weighted by Crippen LogP contribution is -2.41. The van der Waals surface area contributed by atoms with Gasteiger partial charge in [0.25, 0.3) is 0 Å². The van der Waals surface area contributed by atoms with E-state index >= 15 is 0 Å². The topological polar surface area (TPSA) is 17.4 Å². The smallest absolute Gasteiger partial charge is 0.0881 e. The van der Waals surface area contributed by atoms with E-state index in [9.17, 15) is 0 Å². The summed E-state index contributed by atoms with van der Waals surface area (Å²) in [5.41, 5.74) is 1.27. The van der Waals surface area contributed by atoms with Crippen LogP contribution in [0.2, 0.25) is 0 Å². The summed E-state index contributed by atoms with van der Waals surface area (Å²) in [6.07, 6.45) is 2.44. The van der Waals surface area contributed by atoms with Crippen molar-refractivity contribution in [2.75, 3.05) is 26.7 Å². The van der Waals surface area contributed by atoms with Crippen LogP contribution in [-0.4, -0.2) is 42.3 Å². The standard InChI is InChI=1S/C14H17BrN2O/c1-16-7-8-18-11(9-16)10-17-6-5-12-13(15)3-2-4-14(12)17/h2-6,11H,7-10H2,1H3. The first-order chi connectivity index (χ1) is 8.74. The van der Waals surface area contributed by atoms with Crippen molar-refractivity contribution < 1.29 is 4.74 Å². The van der Waals surface area contributed by atoms with E-state index in [1.54, 1.807) is 0 Å². The number of ether oxygens (including phenoxy) is 1. The van der Waals surface area contributed by atoms with Crippen LogP contribution in [0.4, 0.5) is 0 Å². The zero-order chi connectivity index (χ0) is 12.5. The summed E-state index contributed by atoms with van der Waals surface area (Å²) < 4.78 is 9.26. The van der Waals surface area contributed by atoms with E-state index in [0.29, 0.717) is 6.10 Å². The Bertz CT molecular complexity index is 552. The molecule has 0 amide bonds. The van der Waals surface area contributed by atoms with Gasteiger partial charge >= 0.3 is 0 Å². The van der Waals surface area contributed by atoms with Crippen LogP contribution in [0.25, 0.3) is 10.9 Å². The normalized spacial score (nSPS) is 21.6. The van der Waals surface area contributed by atoms with Gasteiger partial charge in [-0.25, -0.2) is 0 Å². The molecule has 0 spiro atoms. The maximum Gasteiger partial charge on any atom is 0.0881 e. The van der Waals surface area contributed by atoms with Crippen LogP contribution in [0.15, 0.2) is 34.9 Å². The number of hydrogen-bond acceptors (Lipinski definition) is 2. The number of hydrogen-bond donors (Lipinski definition) is 0. The zero-order valence-electron chi connectivity index (χ0n) is 10.5. The Kier molecular flexibility index (Phi) is 3.41. The molecule has 1 fully saturated rings. The number of benzene rings is 1. The molecule has 4 heteroatoms. The zero-order valence-corrected chi connectivity index (χ0v) is 12.1. The van der Waals surface area contributed by atoms with Crippen LogP contribution in [0.1, 0.15) is 0 Å². The van der Waals surface area contributed by atoms with E-state index in [1.807, 2.05) is 0 Å². The number of halogens is 1. The molecule has 0 saturated carbocycles. The quantitative estimate of drug-likeness (QED) is 0.849. The first kappa shape index (κ1) is 12.2. The van der Waals surface area contributed by atoms with Gasteiger partial charge in [0.05, 0.1) is 19.3 Å². The lowest BCUT2D eigenvalue weighted by Gasteiger charge is -2.30. The highest BCUT2D eigenvalue weighted by molar-refractivity contribution is 9.10. The number of nitrogens with zero attached hydrogens (tertiary/aromatic N) is 2. The van der Waals surface area contributed by atoms with Gasteiger partial charge in [0, 0.05) is 34.7 Å². The summed E-state index contributed by atoms with van der Waals surface area (Å²) in [7, 11) is 2.15. The molecule has 1 unspecified atom stereocenters. The largest absolute Gasteiger partial charge is 0.374 e. The molecule has 2 aromatic rings. The minimum atomic E-state index is 0.290. The van der Waals surface area contributed by atoms with Crippen LogP contribution in [0.5, 0.6) is 0 Å². The Labute approximate surface area is 115 Å². The highest BCUT2D eigenvalue weighted by Crippen LogP contribution is 2.25. The highest BCUT2D eigenvalue weighted by Gasteiger charge is 2.18. The van der Waals surface area contributed by atoms with Gasteiger partial charge in [-0.15, -0.1) is 0 Å². The third-order valence-electron chi connectivity index (χ3n) is 3.50. The molecule has 0 radical (unpaired) electrons.